The number of thioether (sulfide) groups is 1. The van der Waals surface area contributed by atoms with Crippen molar-refractivity contribution in [3.05, 3.63) is 5.82 Å². The van der Waals surface area contributed by atoms with Crippen molar-refractivity contribution in [2.75, 3.05) is 0 Å². The van der Waals surface area contributed by atoms with Gasteiger partial charge in [-0.15, -0.1) is 5.10 Å². The second kappa shape index (κ2) is 6.06. The third-order valence-corrected chi connectivity index (χ3v) is 4.83. The minimum atomic E-state index is -0.857. The van der Waals surface area contributed by atoms with Crippen molar-refractivity contribution in [3.8, 4) is 6.07 Å². The molecule has 0 bridgehead atoms. The molecule has 1 saturated carbocycles. The van der Waals surface area contributed by atoms with Crippen molar-refractivity contribution in [2.24, 2.45) is 5.92 Å². The average molecular weight is 307 g/mol. The van der Waals surface area contributed by atoms with Crippen LogP contribution in [0.4, 0.5) is 0 Å². The molecule has 2 unspecified atom stereocenters. The molecule has 2 atom stereocenters. The Labute approximate surface area is 129 Å². The van der Waals surface area contributed by atoms with Gasteiger partial charge in [0, 0.05) is 5.92 Å². The number of hydrogen-bond acceptors (Lipinski definition) is 5. The van der Waals surface area contributed by atoms with E-state index in [1.807, 2.05) is 13.8 Å². The largest absolute Gasteiger partial charge is 0.337 e. The molecule has 1 aromatic heterocycles. The van der Waals surface area contributed by atoms with Gasteiger partial charge >= 0.3 is 0 Å². The predicted octanol–water partition coefficient (Wildman–Crippen LogP) is 2.22. The zero-order chi connectivity index (χ0) is 15.6. The van der Waals surface area contributed by atoms with Gasteiger partial charge in [0.25, 0.3) is 0 Å². The first-order chi connectivity index (χ1) is 9.85. The summed E-state index contributed by atoms with van der Waals surface area (Å²) in [4.78, 5) is 16.6. The quantitative estimate of drug-likeness (QED) is 0.786. The van der Waals surface area contributed by atoms with E-state index < -0.39 is 5.54 Å². The van der Waals surface area contributed by atoms with E-state index in [2.05, 4.69) is 26.6 Å². The van der Waals surface area contributed by atoms with Crippen LogP contribution in [0.5, 0.6) is 0 Å². The first kappa shape index (κ1) is 15.8. The molecule has 1 aromatic rings. The summed E-state index contributed by atoms with van der Waals surface area (Å²) in [6.07, 6.45) is 2.31. The Morgan fingerprint density at radius 2 is 2.19 bits per heavy atom. The van der Waals surface area contributed by atoms with E-state index in [1.54, 1.807) is 13.8 Å². The van der Waals surface area contributed by atoms with Crippen molar-refractivity contribution in [2.45, 2.75) is 62.4 Å². The van der Waals surface area contributed by atoms with E-state index in [-0.39, 0.29) is 17.1 Å². The zero-order valence-corrected chi connectivity index (χ0v) is 13.6. The van der Waals surface area contributed by atoms with Crippen molar-refractivity contribution < 1.29 is 4.79 Å². The predicted molar refractivity (Wildman–Crippen MR) is 80.7 cm³/mol. The van der Waals surface area contributed by atoms with Gasteiger partial charge in [0.1, 0.15) is 11.4 Å². The van der Waals surface area contributed by atoms with Crippen LogP contribution in [0.25, 0.3) is 0 Å². The average Bonchev–Trinajstić information content (AvgIpc) is 3.19. The molecule has 2 N–H and O–H groups in total. The Bertz CT molecular complexity index is 560. The summed E-state index contributed by atoms with van der Waals surface area (Å²) in [5.41, 5.74) is -0.857. The van der Waals surface area contributed by atoms with Gasteiger partial charge in [0.2, 0.25) is 11.1 Å². The molecule has 114 valence electrons. The van der Waals surface area contributed by atoms with Crippen LogP contribution in [0.2, 0.25) is 0 Å². The summed E-state index contributed by atoms with van der Waals surface area (Å²) >= 11 is 1.31. The first-order valence-corrected chi connectivity index (χ1v) is 8.06. The van der Waals surface area contributed by atoms with E-state index >= 15 is 0 Å². The van der Waals surface area contributed by atoms with E-state index in [0.717, 1.165) is 18.7 Å². The van der Waals surface area contributed by atoms with Gasteiger partial charge < -0.3 is 5.32 Å². The van der Waals surface area contributed by atoms with Gasteiger partial charge in [-0.3, -0.25) is 9.89 Å². The van der Waals surface area contributed by atoms with Crippen molar-refractivity contribution in [1.29, 1.82) is 5.26 Å². The minimum Gasteiger partial charge on any atom is -0.337 e. The summed E-state index contributed by atoms with van der Waals surface area (Å²) in [5.74, 6) is 1.29. The Morgan fingerprint density at radius 3 is 2.71 bits per heavy atom. The lowest BCUT2D eigenvalue weighted by atomic mass is 9.90. The topological polar surface area (TPSA) is 94.5 Å². The van der Waals surface area contributed by atoms with Crippen molar-refractivity contribution >= 4 is 17.7 Å². The molecular formula is C14H21N5OS. The van der Waals surface area contributed by atoms with Crippen LogP contribution >= 0.6 is 11.8 Å². The molecule has 1 aliphatic carbocycles. The van der Waals surface area contributed by atoms with Crippen LogP contribution in [0.15, 0.2) is 5.16 Å². The number of amides is 1. The van der Waals surface area contributed by atoms with Crippen LogP contribution in [0.1, 0.15) is 52.3 Å². The van der Waals surface area contributed by atoms with Gasteiger partial charge in [-0.1, -0.05) is 25.6 Å². The Morgan fingerprint density at radius 1 is 1.52 bits per heavy atom. The van der Waals surface area contributed by atoms with Crippen molar-refractivity contribution in [1.82, 2.24) is 20.5 Å². The number of nitrogens with zero attached hydrogens (tertiary/aromatic N) is 3. The summed E-state index contributed by atoms with van der Waals surface area (Å²) in [6, 6.07) is 2.18. The maximum Gasteiger partial charge on any atom is 0.234 e. The fourth-order valence-electron chi connectivity index (χ4n) is 1.72. The third kappa shape index (κ3) is 3.76. The Kier molecular flexibility index (Phi) is 4.57. The Balaban J connectivity index is 1.94. The molecule has 0 radical (unpaired) electrons. The van der Waals surface area contributed by atoms with Crippen molar-refractivity contribution in [3.63, 3.8) is 0 Å². The molecule has 1 amide bonds. The minimum absolute atomic E-state index is 0.0358. The number of carbonyl (C=O) groups excluding carboxylic acids is 1. The number of nitrogens with one attached hydrogen (secondary N) is 2. The smallest absolute Gasteiger partial charge is 0.234 e. The van der Waals surface area contributed by atoms with E-state index in [0.29, 0.717) is 11.1 Å². The van der Waals surface area contributed by atoms with Crippen LogP contribution in [-0.4, -0.2) is 31.9 Å². The fraction of sp³-hybridized carbons (Fsp3) is 0.714. The number of rotatable bonds is 6. The molecule has 0 aromatic carbocycles. The molecule has 1 fully saturated rings. The lowest BCUT2D eigenvalue weighted by Crippen LogP contribution is -2.51. The second-order valence-electron chi connectivity index (χ2n) is 6.00. The summed E-state index contributed by atoms with van der Waals surface area (Å²) < 4.78 is 0. The fourth-order valence-corrected chi connectivity index (χ4v) is 2.45. The maximum absolute atomic E-state index is 12.2. The molecule has 0 spiro atoms. The van der Waals surface area contributed by atoms with Gasteiger partial charge in [0.05, 0.1) is 11.3 Å². The number of H-pyrrole nitrogens is 1. The van der Waals surface area contributed by atoms with Crippen LogP contribution < -0.4 is 5.32 Å². The van der Waals surface area contributed by atoms with Gasteiger partial charge in [-0.05, 0) is 32.6 Å². The molecule has 2 rings (SSSR count). The second-order valence-corrected chi connectivity index (χ2v) is 7.30. The lowest BCUT2D eigenvalue weighted by Gasteiger charge is -2.28. The molecule has 1 heterocycles. The van der Waals surface area contributed by atoms with E-state index in [1.165, 1.54) is 11.8 Å². The SMILES string of the molecule is CC(Sc1n[nH]c(C2CC2)n1)C(=O)NC(C)(C#N)C(C)C. The summed E-state index contributed by atoms with van der Waals surface area (Å²) in [5, 5.41) is 19.4. The maximum atomic E-state index is 12.2. The third-order valence-electron chi connectivity index (χ3n) is 3.87. The number of hydrogen-bond donors (Lipinski definition) is 2. The highest BCUT2D eigenvalue weighted by Gasteiger charge is 2.32. The Hall–Kier alpha value is -1.55. The van der Waals surface area contributed by atoms with Crippen LogP contribution in [0.3, 0.4) is 0 Å². The molecule has 0 aliphatic heterocycles. The zero-order valence-electron chi connectivity index (χ0n) is 12.8. The van der Waals surface area contributed by atoms with E-state index in [9.17, 15) is 10.1 Å². The standard InChI is InChI=1S/C14H21N5OS/c1-8(2)14(4,7-15)17-12(20)9(3)21-13-16-11(18-19-13)10-5-6-10/h8-10H,5-6H2,1-4H3,(H,17,20)(H,16,18,19). The molecule has 6 nitrogen and oxygen atoms in total. The van der Waals surface area contributed by atoms with Gasteiger partial charge in [0.15, 0.2) is 0 Å². The molecule has 0 saturated heterocycles. The highest BCUT2D eigenvalue weighted by Crippen LogP contribution is 2.38. The summed E-state index contributed by atoms with van der Waals surface area (Å²) in [6.45, 7) is 7.37. The highest BCUT2D eigenvalue weighted by atomic mass is 32.2. The highest BCUT2D eigenvalue weighted by molar-refractivity contribution is 8.00. The van der Waals surface area contributed by atoms with E-state index in [4.69, 9.17) is 0 Å². The van der Waals surface area contributed by atoms with Gasteiger partial charge in [-0.25, -0.2) is 4.98 Å². The molecule has 21 heavy (non-hydrogen) atoms. The summed E-state index contributed by atoms with van der Waals surface area (Å²) in [7, 11) is 0. The molecular weight excluding hydrogens is 286 g/mol. The normalized spacial score (nSPS) is 18.9. The van der Waals surface area contributed by atoms with Crippen LogP contribution in [-0.2, 0) is 4.79 Å². The van der Waals surface area contributed by atoms with Crippen LogP contribution in [0, 0.1) is 17.2 Å². The number of aromatic amines is 1. The van der Waals surface area contributed by atoms with Gasteiger partial charge in [-0.2, -0.15) is 5.26 Å². The molecule has 1 aliphatic rings. The first-order valence-electron chi connectivity index (χ1n) is 7.18. The number of aromatic nitrogens is 3. The number of nitriles is 1. The molecule has 7 heteroatoms. The lowest BCUT2D eigenvalue weighted by molar-refractivity contribution is -0.121. The number of carbonyl (C=O) groups is 1. The monoisotopic (exact) mass is 307 g/mol.